The van der Waals surface area contributed by atoms with E-state index in [4.69, 9.17) is 0 Å². The molecule has 1 atom stereocenters. The van der Waals surface area contributed by atoms with Gasteiger partial charge >= 0.3 is 0 Å². The summed E-state index contributed by atoms with van der Waals surface area (Å²) in [5.74, 6) is -0.249. The molecule has 1 saturated heterocycles. The number of hydrogen-bond acceptors (Lipinski definition) is 4. The Hall–Kier alpha value is -2.50. The molecule has 2 amide bonds. The molecule has 0 spiro atoms. The van der Waals surface area contributed by atoms with E-state index < -0.39 is 11.9 Å². The highest BCUT2D eigenvalue weighted by Gasteiger charge is 2.30. The summed E-state index contributed by atoms with van der Waals surface area (Å²) < 4.78 is 1.40. The smallest absolute Gasteiger partial charge is 0.262 e. The number of nitrogens with one attached hydrogen (secondary N) is 1. The molecule has 1 N–H and O–H groups in total. The molecule has 22 heavy (non-hydrogen) atoms. The molecule has 0 aliphatic carbocycles. The molecule has 1 aromatic heterocycles. The number of piperidine rings is 1. The van der Waals surface area contributed by atoms with Crippen LogP contribution in [0, 0.1) is 6.92 Å². The summed E-state index contributed by atoms with van der Waals surface area (Å²) in [5, 5.41) is 2.78. The SMILES string of the molecule is CCc1ccc2c(=O)n(C3CCC(=O)NC3=O)c(C)nc2c1. The van der Waals surface area contributed by atoms with Crippen LogP contribution >= 0.6 is 0 Å². The summed E-state index contributed by atoms with van der Waals surface area (Å²) in [6.45, 7) is 3.75. The minimum absolute atomic E-state index is 0.231. The highest BCUT2D eigenvalue weighted by atomic mass is 16.2. The fraction of sp³-hybridized carbons (Fsp3) is 0.375. The van der Waals surface area contributed by atoms with Gasteiger partial charge in [0.2, 0.25) is 11.8 Å². The lowest BCUT2D eigenvalue weighted by atomic mass is 10.0. The molecule has 2 heterocycles. The number of benzene rings is 1. The molecule has 2 aromatic rings. The fourth-order valence-corrected chi connectivity index (χ4v) is 2.87. The average Bonchev–Trinajstić information content (AvgIpc) is 2.48. The molecule has 3 rings (SSSR count). The number of imide groups is 1. The van der Waals surface area contributed by atoms with Gasteiger partial charge in [0, 0.05) is 6.42 Å². The van der Waals surface area contributed by atoms with Gasteiger partial charge in [-0.3, -0.25) is 24.3 Å². The second-order valence-corrected chi connectivity index (χ2v) is 5.51. The van der Waals surface area contributed by atoms with Gasteiger partial charge in [-0.05, 0) is 37.5 Å². The quantitative estimate of drug-likeness (QED) is 0.846. The number of hydrogen-bond donors (Lipinski definition) is 1. The molecule has 0 saturated carbocycles. The van der Waals surface area contributed by atoms with Gasteiger partial charge in [-0.1, -0.05) is 13.0 Å². The lowest BCUT2D eigenvalue weighted by Crippen LogP contribution is -2.45. The third-order valence-corrected chi connectivity index (χ3v) is 4.07. The number of fused-ring (bicyclic) bond motifs is 1. The molecular formula is C16H17N3O3. The van der Waals surface area contributed by atoms with Crippen LogP contribution in [-0.4, -0.2) is 21.4 Å². The number of rotatable bonds is 2. The Bertz CT molecular complexity index is 838. The van der Waals surface area contributed by atoms with Crippen molar-refractivity contribution in [2.75, 3.05) is 0 Å². The number of aryl methyl sites for hydroxylation is 2. The maximum Gasteiger partial charge on any atom is 0.262 e. The van der Waals surface area contributed by atoms with Crippen LogP contribution in [0.5, 0.6) is 0 Å². The summed E-state index contributed by atoms with van der Waals surface area (Å²) in [4.78, 5) is 40.5. The topological polar surface area (TPSA) is 81.1 Å². The van der Waals surface area contributed by atoms with Crippen molar-refractivity contribution in [2.45, 2.75) is 39.2 Å². The van der Waals surface area contributed by atoms with E-state index >= 15 is 0 Å². The predicted molar refractivity (Wildman–Crippen MR) is 81.5 cm³/mol. The van der Waals surface area contributed by atoms with Crippen molar-refractivity contribution in [3.05, 3.63) is 39.9 Å². The number of carbonyl (C=O) groups is 2. The lowest BCUT2D eigenvalue weighted by molar-refractivity contribution is -0.135. The predicted octanol–water partition coefficient (Wildman–Crippen LogP) is 1.25. The van der Waals surface area contributed by atoms with E-state index in [1.54, 1.807) is 13.0 Å². The second kappa shape index (κ2) is 5.36. The van der Waals surface area contributed by atoms with Crippen LogP contribution < -0.4 is 10.9 Å². The van der Waals surface area contributed by atoms with E-state index in [0.717, 1.165) is 12.0 Å². The largest absolute Gasteiger partial charge is 0.295 e. The molecule has 1 unspecified atom stereocenters. The molecular weight excluding hydrogens is 282 g/mol. The van der Waals surface area contributed by atoms with Crippen molar-refractivity contribution >= 4 is 22.7 Å². The van der Waals surface area contributed by atoms with Gasteiger partial charge in [0.1, 0.15) is 11.9 Å². The first-order chi connectivity index (χ1) is 10.5. The van der Waals surface area contributed by atoms with E-state index in [-0.39, 0.29) is 17.9 Å². The Morgan fingerprint density at radius 3 is 2.77 bits per heavy atom. The van der Waals surface area contributed by atoms with Crippen molar-refractivity contribution in [1.29, 1.82) is 0 Å². The molecule has 6 nitrogen and oxygen atoms in total. The van der Waals surface area contributed by atoms with Gasteiger partial charge in [0.15, 0.2) is 0 Å². The molecule has 0 bridgehead atoms. The van der Waals surface area contributed by atoms with E-state index in [9.17, 15) is 14.4 Å². The van der Waals surface area contributed by atoms with Crippen LogP contribution in [0.4, 0.5) is 0 Å². The molecule has 1 fully saturated rings. The molecule has 1 aliphatic heterocycles. The molecule has 114 valence electrons. The van der Waals surface area contributed by atoms with Gasteiger partial charge in [0.05, 0.1) is 10.9 Å². The van der Waals surface area contributed by atoms with Gasteiger partial charge in [0.25, 0.3) is 5.56 Å². The molecule has 6 heteroatoms. The van der Waals surface area contributed by atoms with Gasteiger partial charge in [-0.15, -0.1) is 0 Å². The number of aromatic nitrogens is 2. The average molecular weight is 299 g/mol. The van der Waals surface area contributed by atoms with Crippen LogP contribution in [0.3, 0.4) is 0 Å². The van der Waals surface area contributed by atoms with E-state index in [0.29, 0.717) is 23.1 Å². The van der Waals surface area contributed by atoms with Gasteiger partial charge < -0.3 is 0 Å². The summed E-state index contributed by atoms with van der Waals surface area (Å²) in [7, 11) is 0. The first kappa shape index (κ1) is 14.4. The Balaban J connectivity index is 2.16. The summed E-state index contributed by atoms with van der Waals surface area (Å²) >= 11 is 0. The van der Waals surface area contributed by atoms with E-state index in [2.05, 4.69) is 10.3 Å². The zero-order chi connectivity index (χ0) is 15.9. The third-order valence-electron chi connectivity index (χ3n) is 4.07. The van der Waals surface area contributed by atoms with Crippen molar-refractivity contribution in [2.24, 2.45) is 0 Å². The van der Waals surface area contributed by atoms with E-state index in [1.807, 2.05) is 19.1 Å². The maximum atomic E-state index is 12.7. The minimum Gasteiger partial charge on any atom is -0.295 e. The van der Waals surface area contributed by atoms with Crippen LogP contribution in [0.15, 0.2) is 23.0 Å². The normalized spacial score (nSPS) is 18.5. The van der Waals surface area contributed by atoms with E-state index in [1.165, 1.54) is 4.57 Å². The molecule has 0 radical (unpaired) electrons. The molecule has 1 aliphatic rings. The van der Waals surface area contributed by atoms with Crippen LogP contribution in [-0.2, 0) is 16.0 Å². The highest BCUT2D eigenvalue weighted by Crippen LogP contribution is 2.20. The number of carbonyl (C=O) groups excluding carboxylic acids is 2. The number of nitrogens with zero attached hydrogens (tertiary/aromatic N) is 2. The summed E-state index contributed by atoms with van der Waals surface area (Å²) in [6.07, 6.45) is 1.42. The van der Waals surface area contributed by atoms with Crippen molar-refractivity contribution < 1.29 is 9.59 Å². The van der Waals surface area contributed by atoms with Gasteiger partial charge in [-0.2, -0.15) is 0 Å². The fourth-order valence-electron chi connectivity index (χ4n) is 2.87. The zero-order valence-electron chi connectivity index (χ0n) is 12.5. The Morgan fingerprint density at radius 2 is 2.09 bits per heavy atom. The zero-order valence-corrected chi connectivity index (χ0v) is 12.5. The minimum atomic E-state index is -0.673. The Labute approximate surface area is 127 Å². The second-order valence-electron chi connectivity index (χ2n) is 5.51. The molecule has 1 aromatic carbocycles. The summed E-state index contributed by atoms with van der Waals surface area (Å²) in [6, 6.07) is 4.88. The van der Waals surface area contributed by atoms with Crippen molar-refractivity contribution in [1.82, 2.24) is 14.9 Å². The third kappa shape index (κ3) is 2.30. The summed E-state index contributed by atoms with van der Waals surface area (Å²) in [5.41, 5.74) is 1.52. The highest BCUT2D eigenvalue weighted by molar-refractivity contribution is 5.99. The maximum absolute atomic E-state index is 12.7. The Morgan fingerprint density at radius 1 is 1.32 bits per heavy atom. The van der Waals surface area contributed by atoms with Crippen molar-refractivity contribution in [3.8, 4) is 0 Å². The standard InChI is InChI=1S/C16H17N3O3/c1-3-10-4-5-11-12(8-10)17-9(2)19(16(11)22)13-6-7-14(20)18-15(13)21/h4-5,8,13H,3,6-7H2,1-2H3,(H,18,20,21). The first-order valence-electron chi connectivity index (χ1n) is 7.36. The van der Waals surface area contributed by atoms with Crippen LogP contribution in [0.2, 0.25) is 0 Å². The van der Waals surface area contributed by atoms with Gasteiger partial charge in [-0.25, -0.2) is 4.98 Å². The van der Waals surface area contributed by atoms with Crippen LogP contribution in [0.1, 0.15) is 37.2 Å². The first-order valence-corrected chi connectivity index (χ1v) is 7.36. The lowest BCUT2D eigenvalue weighted by Gasteiger charge is -2.24. The van der Waals surface area contributed by atoms with Crippen LogP contribution in [0.25, 0.3) is 10.9 Å². The number of amides is 2. The van der Waals surface area contributed by atoms with Crippen molar-refractivity contribution in [3.63, 3.8) is 0 Å². The Kier molecular flexibility index (Phi) is 3.52. The monoisotopic (exact) mass is 299 g/mol.